The number of rotatable bonds is 6. The number of anilines is 1. The maximum atomic E-state index is 12.7. The molecule has 1 fully saturated rings. The first kappa shape index (κ1) is 23.7. The van der Waals surface area contributed by atoms with Crippen LogP contribution in [-0.2, 0) is 4.79 Å². The van der Waals surface area contributed by atoms with Crippen LogP contribution in [0.3, 0.4) is 0 Å². The summed E-state index contributed by atoms with van der Waals surface area (Å²) in [6.45, 7) is 0. The number of carbonyl (C=O) groups is 1. The zero-order chi connectivity index (χ0) is 26.2. The van der Waals surface area contributed by atoms with Crippen molar-refractivity contribution in [2.24, 2.45) is 5.92 Å². The lowest BCUT2D eigenvalue weighted by Crippen LogP contribution is -2.18. The van der Waals surface area contributed by atoms with Gasteiger partial charge in [0, 0.05) is 45.6 Å². The van der Waals surface area contributed by atoms with Gasteiger partial charge in [0.1, 0.15) is 5.69 Å². The van der Waals surface area contributed by atoms with Crippen LogP contribution in [0.2, 0.25) is 0 Å². The smallest absolute Gasteiger partial charge is 0.224 e. The van der Waals surface area contributed by atoms with Gasteiger partial charge in [0.05, 0.1) is 46.7 Å². The molecule has 7 rings (SSSR count). The Kier molecular flexibility index (Phi) is 6.13. The summed E-state index contributed by atoms with van der Waals surface area (Å²) >= 11 is 1.70. The molecule has 0 unspecified atom stereocenters. The molecule has 3 N–H and O–H groups in total. The molecular weight excluding hydrogens is 506 g/mol. The molecule has 1 amide bonds. The number of aromatic nitrogens is 6. The first-order valence-corrected chi connectivity index (χ1v) is 14.2. The fourth-order valence-electron chi connectivity index (χ4n) is 5.60. The number of nitrogens with zero attached hydrogens (tertiary/aromatic N) is 4. The standard InChI is InChI=1S/C30H27N7OS/c38-29(9-18-5-2-1-3-6-18)34-20-10-19(13-31-14-20)24-12-22-27(17-33-24)36-37-30(22)25-11-21-23(28-7-4-8-39-28)15-32-16-26(21)35-25/h4,7-8,10-18,35H,1-3,5-6,9H2,(H,34,38)(H,36,37). The molecule has 0 bridgehead atoms. The number of fused-ring (bicyclic) bond motifs is 2. The number of amides is 1. The lowest BCUT2D eigenvalue weighted by atomic mass is 9.87. The Balaban J connectivity index is 1.19. The third kappa shape index (κ3) is 4.70. The summed E-state index contributed by atoms with van der Waals surface area (Å²) < 4.78 is 0. The quantitative estimate of drug-likeness (QED) is 0.210. The first-order chi connectivity index (χ1) is 19.2. The number of hydrogen-bond donors (Lipinski definition) is 3. The number of pyridine rings is 3. The van der Waals surface area contributed by atoms with Crippen LogP contribution in [0.25, 0.3) is 54.9 Å². The molecule has 6 aromatic rings. The van der Waals surface area contributed by atoms with E-state index in [2.05, 4.69) is 53.0 Å². The van der Waals surface area contributed by atoms with Gasteiger partial charge < -0.3 is 10.3 Å². The van der Waals surface area contributed by atoms with Crippen molar-refractivity contribution in [1.82, 2.24) is 30.1 Å². The van der Waals surface area contributed by atoms with Crippen molar-refractivity contribution in [2.75, 3.05) is 5.32 Å². The molecule has 6 heterocycles. The zero-order valence-electron chi connectivity index (χ0n) is 21.3. The molecular formula is C30H27N7OS. The zero-order valence-corrected chi connectivity index (χ0v) is 22.1. The van der Waals surface area contributed by atoms with Crippen LogP contribution in [-0.4, -0.2) is 36.0 Å². The minimum Gasteiger partial charge on any atom is -0.352 e. The molecule has 1 aliphatic carbocycles. The average Bonchev–Trinajstić information content (AvgIpc) is 3.73. The predicted molar refractivity (Wildman–Crippen MR) is 155 cm³/mol. The molecule has 0 spiro atoms. The van der Waals surface area contributed by atoms with Crippen LogP contribution in [0.1, 0.15) is 38.5 Å². The van der Waals surface area contributed by atoms with Crippen LogP contribution in [0, 0.1) is 5.92 Å². The molecule has 0 atom stereocenters. The van der Waals surface area contributed by atoms with Crippen molar-refractivity contribution in [3.8, 4) is 33.1 Å². The fraction of sp³-hybridized carbons (Fsp3) is 0.233. The van der Waals surface area contributed by atoms with Crippen LogP contribution in [0.4, 0.5) is 5.69 Å². The molecule has 9 heteroatoms. The number of nitrogens with one attached hydrogen (secondary N) is 3. The minimum absolute atomic E-state index is 0.0524. The Hall–Kier alpha value is -4.37. The van der Waals surface area contributed by atoms with Crippen molar-refractivity contribution in [3.05, 3.63) is 66.7 Å². The molecule has 1 saturated carbocycles. The number of hydrogen-bond acceptors (Lipinski definition) is 6. The molecule has 0 aliphatic heterocycles. The Labute approximate surface area is 228 Å². The van der Waals surface area contributed by atoms with E-state index in [4.69, 9.17) is 0 Å². The summed E-state index contributed by atoms with van der Waals surface area (Å²) in [5, 5.41) is 14.9. The second kappa shape index (κ2) is 10.1. The molecule has 39 heavy (non-hydrogen) atoms. The van der Waals surface area contributed by atoms with E-state index in [1.165, 1.54) is 24.1 Å². The van der Waals surface area contributed by atoms with Gasteiger partial charge in [0.25, 0.3) is 0 Å². The normalized spacial score (nSPS) is 14.3. The highest BCUT2D eigenvalue weighted by molar-refractivity contribution is 7.13. The maximum absolute atomic E-state index is 12.7. The van der Waals surface area contributed by atoms with Crippen LogP contribution in [0.5, 0.6) is 0 Å². The third-order valence-corrected chi connectivity index (χ3v) is 8.45. The molecule has 8 nitrogen and oxygen atoms in total. The van der Waals surface area contributed by atoms with E-state index in [1.54, 1.807) is 29.9 Å². The molecule has 194 valence electrons. The highest BCUT2D eigenvalue weighted by atomic mass is 32.1. The Morgan fingerprint density at radius 3 is 2.74 bits per heavy atom. The molecule has 0 aromatic carbocycles. The van der Waals surface area contributed by atoms with Gasteiger partial charge in [-0.1, -0.05) is 25.3 Å². The highest BCUT2D eigenvalue weighted by Crippen LogP contribution is 2.36. The van der Waals surface area contributed by atoms with Gasteiger partial charge >= 0.3 is 0 Å². The monoisotopic (exact) mass is 533 g/mol. The minimum atomic E-state index is 0.0524. The largest absolute Gasteiger partial charge is 0.352 e. The second-order valence-corrected chi connectivity index (χ2v) is 11.2. The van der Waals surface area contributed by atoms with Gasteiger partial charge in [-0.2, -0.15) is 5.10 Å². The van der Waals surface area contributed by atoms with Crippen molar-refractivity contribution in [1.29, 1.82) is 0 Å². The van der Waals surface area contributed by atoms with Crippen LogP contribution < -0.4 is 5.32 Å². The second-order valence-electron chi connectivity index (χ2n) is 10.2. The predicted octanol–water partition coefficient (Wildman–Crippen LogP) is 7.20. The molecule has 6 aromatic heterocycles. The van der Waals surface area contributed by atoms with Crippen molar-refractivity contribution < 1.29 is 4.79 Å². The topological polar surface area (TPSA) is 112 Å². The number of thiophene rings is 1. The Morgan fingerprint density at radius 1 is 0.974 bits per heavy atom. The van der Waals surface area contributed by atoms with Gasteiger partial charge in [-0.25, -0.2) is 0 Å². The summed E-state index contributed by atoms with van der Waals surface area (Å²) in [6, 6.07) is 10.2. The third-order valence-electron chi connectivity index (χ3n) is 7.55. The lowest BCUT2D eigenvalue weighted by molar-refractivity contribution is -0.117. The van der Waals surface area contributed by atoms with E-state index in [9.17, 15) is 4.79 Å². The summed E-state index contributed by atoms with van der Waals surface area (Å²) in [5.74, 6) is 0.539. The Bertz CT molecular complexity index is 1780. The summed E-state index contributed by atoms with van der Waals surface area (Å²) in [7, 11) is 0. The van der Waals surface area contributed by atoms with E-state index in [0.29, 0.717) is 18.0 Å². The van der Waals surface area contributed by atoms with Crippen molar-refractivity contribution >= 4 is 44.7 Å². The number of carbonyl (C=O) groups excluding carboxylic acids is 1. The lowest BCUT2D eigenvalue weighted by Gasteiger charge is -2.20. The summed E-state index contributed by atoms with van der Waals surface area (Å²) in [4.78, 5) is 30.8. The van der Waals surface area contributed by atoms with Gasteiger partial charge in [0.2, 0.25) is 5.91 Å². The Morgan fingerprint density at radius 2 is 1.87 bits per heavy atom. The molecule has 0 saturated heterocycles. The van der Waals surface area contributed by atoms with Crippen LogP contribution in [0.15, 0.2) is 66.7 Å². The SMILES string of the molecule is O=C(CC1CCCCC1)Nc1cncc(-c2cc3c(-c4cc5c(-c6cccs6)cncc5[nH]4)n[nH]c3cn2)c1. The van der Waals surface area contributed by atoms with Gasteiger partial charge in [-0.15, -0.1) is 11.3 Å². The van der Waals surface area contributed by atoms with Gasteiger partial charge in [-0.3, -0.25) is 24.8 Å². The molecule has 1 aliphatic rings. The first-order valence-electron chi connectivity index (χ1n) is 13.3. The van der Waals surface area contributed by atoms with Crippen LogP contribution >= 0.6 is 11.3 Å². The van der Waals surface area contributed by atoms with E-state index >= 15 is 0 Å². The van der Waals surface area contributed by atoms with Gasteiger partial charge in [0.15, 0.2) is 0 Å². The maximum Gasteiger partial charge on any atom is 0.224 e. The number of aromatic amines is 2. The van der Waals surface area contributed by atoms with Gasteiger partial charge in [-0.05, 0) is 48.4 Å². The molecule has 0 radical (unpaired) electrons. The van der Waals surface area contributed by atoms with E-state index in [-0.39, 0.29) is 5.91 Å². The highest BCUT2D eigenvalue weighted by Gasteiger charge is 2.18. The van der Waals surface area contributed by atoms with E-state index in [1.807, 2.05) is 30.6 Å². The average molecular weight is 534 g/mol. The van der Waals surface area contributed by atoms with Crippen molar-refractivity contribution in [2.45, 2.75) is 38.5 Å². The summed E-state index contributed by atoms with van der Waals surface area (Å²) in [5.41, 5.74) is 6.90. The fourth-order valence-corrected chi connectivity index (χ4v) is 6.35. The summed E-state index contributed by atoms with van der Waals surface area (Å²) in [6.07, 6.45) is 15.6. The van der Waals surface area contributed by atoms with Crippen molar-refractivity contribution in [3.63, 3.8) is 0 Å². The van der Waals surface area contributed by atoms with E-state index < -0.39 is 0 Å². The number of H-pyrrole nitrogens is 2. The van der Waals surface area contributed by atoms with E-state index in [0.717, 1.165) is 62.9 Å².